The Labute approximate surface area is 308 Å². The van der Waals surface area contributed by atoms with Gasteiger partial charge in [0.15, 0.2) is 0 Å². The van der Waals surface area contributed by atoms with Crippen LogP contribution in [0.2, 0.25) is 0 Å². The molecule has 1 aliphatic rings. The second kappa shape index (κ2) is 21.0. The average Bonchev–Trinajstić information content (AvgIpc) is 3.17. The van der Waals surface area contributed by atoms with Crippen molar-refractivity contribution in [2.24, 2.45) is 11.8 Å². The number of aryl methyl sites for hydroxylation is 1. The third-order valence-corrected chi connectivity index (χ3v) is 9.81. The zero-order chi connectivity index (χ0) is 37.3. The van der Waals surface area contributed by atoms with Gasteiger partial charge in [-0.15, -0.1) is 0 Å². The van der Waals surface area contributed by atoms with Crippen LogP contribution in [0.3, 0.4) is 0 Å². The number of aliphatic hydroxyl groups excluding tert-OH is 2. The molecule has 0 heterocycles. The summed E-state index contributed by atoms with van der Waals surface area (Å²) in [5, 5.41) is 18.3. The van der Waals surface area contributed by atoms with Crippen LogP contribution in [-0.2, 0) is 25.5 Å². The number of rotatable bonds is 21. The van der Waals surface area contributed by atoms with Crippen LogP contribution in [0.25, 0.3) is 22.3 Å². The van der Waals surface area contributed by atoms with Crippen molar-refractivity contribution in [3.05, 3.63) is 109 Å². The maximum absolute atomic E-state index is 12.2. The Bertz CT molecular complexity index is 1630. The predicted octanol–water partition coefficient (Wildman–Crippen LogP) is 9.14. The molecule has 8 nitrogen and oxygen atoms in total. The van der Waals surface area contributed by atoms with Crippen LogP contribution in [0.15, 0.2) is 103 Å². The molecule has 0 aromatic heterocycles. The van der Waals surface area contributed by atoms with Crippen molar-refractivity contribution in [2.45, 2.75) is 77.6 Å². The maximum Gasteiger partial charge on any atom is 0.340 e. The van der Waals surface area contributed by atoms with Crippen molar-refractivity contribution in [2.75, 3.05) is 26.8 Å². The van der Waals surface area contributed by atoms with E-state index in [4.69, 9.17) is 24.1 Å². The Morgan fingerprint density at radius 2 is 1.19 bits per heavy atom. The predicted molar refractivity (Wildman–Crippen MR) is 205 cm³/mol. The topological polar surface area (TPSA) is 112 Å². The number of ether oxygens (including phenoxy) is 4. The van der Waals surface area contributed by atoms with Gasteiger partial charge in [-0.1, -0.05) is 127 Å². The molecule has 0 aliphatic heterocycles. The molecule has 0 amide bonds. The molecular formula is C44H54O8. The fourth-order valence-electron chi connectivity index (χ4n) is 6.45. The van der Waals surface area contributed by atoms with Crippen LogP contribution >= 0.6 is 0 Å². The fourth-order valence-corrected chi connectivity index (χ4v) is 6.45. The summed E-state index contributed by atoms with van der Waals surface area (Å²) in [4.78, 5) is 24.3. The number of hydrogen-bond acceptors (Lipinski definition) is 8. The lowest BCUT2D eigenvalue weighted by molar-refractivity contribution is -0.146. The summed E-state index contributed by atoms with van der Waals surface area (Å²) < 4.78 is 21.7. The van der Waals surface area contributed by atoms with E-state index < -0.39 is 25.3 Å². The van der Waals surface area contributed by atoms with Crippen molar-refractivity contribution in [1.29, 1.82) is 0 Å². The lowest BCUT2D eigenvalue weighted by Gasteiger charge is -2.28. The van der Waals surface area contributed by atoms with Gasteiger partial charge in [-0.2, -0.15) is 0 Å². The van der Waals surface area contributed by atoms with Gasteiger partial charge in [0.1, 0.15) is 11.5 Å². The molecule has 0 bridgehead atoms. The summed E-state index contributed by atoms with van der Waals surface area (Å²) in [7, 11) is 0. The molecule has 2 N–H and O–H groups in total. The Kier molecular flexibility index (Phi) is 16.2. The quantitative estimate of drug-likeness (QED) is 0.0370. The van der Waals surface area contributed by atoms with Gasteiger partial charge in [-0.25, -0.2) is 9.59 Å². The number of carbonyl (C=O) groups is 2. The molecule has 0 saturated heterocycles. The SMILES string of the molecule is C=C(CO)C(=C)C(=O)OCOc1cc(OCOC(=O)C(=C)CCO)cc(-c2ccc(-c3ccc(CCC4CCC(CCCCC)CC4)cc3)cc2)c1. The first kappa shape index (κ1) is 40.1. The van der Waals surface area contributed by atoms with Gasteiger partial charge >= 0.3 is 11.9 Å². The third kappa shape index (κ3) is 12.5. The van der Waals surface area contributed by atoms with Gasteiger partial charge in [0.2, 0.25) is 13.6 Å². The first-order valence-electron chi connectivity index (χ1n) is 18.4. The molecule has 0 unspecified atom stereocenters. The minimum absolute atomic E-state index is 0.0475. The van der Waals surface area contributed by atoms with Crippen molar-refractivity contribution >= 4 is 11.9 Å². The van der Waals surface area contributed by atoms with E-state index in [1.807, 2.05) is 12.1 Å². The molecule has 0 atom stereocenters. The molecule has 1 aliphatic carbocycles. The van der Waals surface area contributed by atoms with Gasteiger partial charge in [0.25, 0.3) is 0 Å². The second-order valence-corrected chi connectivity index (χ2v) is 13.6. The number of esters is 2. The lowest BCUT2D eigenvalue weighted by atomic mass is 9.78. The van der Waals surface area contributed by atoms with Crippen molar-refractivity contribution in [3.63, 3.8) is 0 Å². The monoisotopic (exact) mass is 710 g/mol. The molecule has 0 radical (unpaired) electrons. The van der Waals surface area contributed by atoms with E-state index in [0.717, 1.165) is 40.5 Å². The zero-order valence-corrected chi connectivity index (χ0v) is 30.6. The highest BCUT2D eigenvalue weighted by atomic mass is 16.7. The highest BCUT2D eigenvalue weighted by Crippen LogP contribution is 2.35. The molecule has 4 rings (SSSR count). The molecule has 3 aromatic rings. The molecule has 278 valence electrons. The van der Waals surface area contributed by atoms with Crippen LogP contribution in [0.1, 0.15) is 76.7 Å². The van der Waals surface area contributed by atoms with Crippen LogP contribution < -0.4 is 9.47 Å². The molecule has 1 fully saturated rings. The third-order valence-electron chi connectivity index (χ3n) is 9.81. The van der Waals surface area contributed by atoms with Crippen molar-refractivity contribution < 1.29 is 38.7 Å². The zero-order valence-electron chi connectivity index (χ0n) is 30.6. The van der Waals surface area contributed by atoms with Crippen LogP contribution in [-0.4, -0.2) is 49.0 Å². The normalized spacial score (nSPS) is 15.4. The number of unbranched alkanes of at least 4 members (excludes halogenated alkanes) is 2. The standard InChI is InChI=1S/C44H54O8/c1-5-6-7-8-34-9-11-35(12-10-34)13-14-36-15-17-37(18-16-36)38-19-21-39(22-20-38)40-25-41(49-29-51-43(47)31(2)23-24-45)27-42(26-40)50-30-52-44(48)33(4)32(3)28-46/h15-22,25-27,34-35,45-46H,2-14,23-24,28-30H2,1H3. The summed E-state index contributed by atoms with van der Waals surface area (Å²) in [6.07, 6.45) is 13.5. The smallest absolute Gasteiger partial charge is 0.340 e. The van der Waals surface area contributed by atoms with Crippen molar-refractivity contribution in [3.8, 4) is 33.8 Å². The Hall–Kier alpha value is -4.66. The van der Waals surface area contributed by atoms with Crippen molar-refractivity contribution in [1.82, 2.24) is 0 Å². The number of carbonyl (C=O) groups excluding carboxylic acids is 2. The van der Waals surface area contributed by atoms with E-state index >= 15 is 0 Å². The van der Waals surface area contributed by atoms with Crippen LogP contribution in [0, 0.1) is 11.8 Å². The molecule has 0 spiro atoms. The first-order chi connectivity index (χ1) is 25.2. The largest absolute Gasteiger partial charge is 0.457 e. The minimum atomic E-state index is -0.763. The highest BCUT2D eigenvalue weighted by molar-refractivity contribution is 5.92. The molecule has 3 aromatic carbocycles. The van der Waals surface area contributed by atoms with Crippen LogP contribution in [0.4, 0.5) is 0 Å². The van der Waals surface area contributed by atoms with Gasteiger partial charge in [-0.3, -0.25) is 0 Å². The summed E-state index contributed by atoms with van der Waals surface area (Å²) >= 11 is 0. The number of hydrogen-bond donors (Lipinski definition) is 2. The van der Waals surface area contributed by atoms with E-state index in [0.29, 0.717) is 11.5 Å². The van der Waals surface area contributed by atoms with E-state index in [1.165, 1.54) is 63.4 Å². The Morgan fingerprint density at radius 1 is 0.673 bits per heavy atom. The van der Waals surface area contributed by atoms with Gasteiger partial charge in [-0.05, 0) is 70.2 Å². The van der Waals surface area contributed by atoms with E-state index in [-0.39, 0.29) is 36.5 Å². The van der Waals surface area contributed by atoms with Gasteiger partial charge < -0.3 is 29.2 Å². The second-order valence-electron chi connectivity index (χ2n) is 13.6. The summed E-state index contributed by atoms with van der Waals surface area (Å²) in [6, 6.07) is 22.2. The minimum Gasteiger partial charge on any atom is -0.457 e. The summed E-state index contributed by atoms with van der Waals surface area (Å²) in [5.41, 5.74) is 5.49. The molecular weight excluding hydrogens is 656 g/mol. The molecule has 52 heavy (non-hydrogen) atoms. The van der Waals surface area contributed by atoms with Crippen LogP contribution in [0.5, 0.6) is 11.5 Å². The van der Waals surface area contributed by atoms with Gasteiger partial charge in [0, 0.05) is 24.7 Å². The summed E-state index contributed by atoms with van der Waals surface area (Å²) in [6.45, 7) is 11.6. The molecule has 8 heteroatoms. The number of benzene rings is 3. The summed E-state index contributed by atoms with van der Waals surface area (Å²) in [5.74, 6) is 1.05. The van der Waals surface area contributed by atoms with Gasteiger partial charge in [0.05, 0.1) is 12.2 Å². The lowest BCUT2D eigenvalue weighted by Crippen LogP contribution is -2.15. The molecule has 1 saturated carbocycles. The Morgan fingerprint density at radius 3 is 1.73 bits per heavy atom. The van der Waals surface area contributed by atoms with E-state index in [9.17, 15) is 14.7 Å². The fraction of sp³-hybridized carbons (Fsp3) is 0.409. The van der Waals surface area contributed by atoms with E-state index in [1.54, 1.807) is 18.2 Å². The number of aliphatic hydroxyl groups is 2. The maximum atomic E-state index is 12.2. The Balaban J connectivity index is 1.38. The first-order valence-corrected chi connectivity index (χ1v) is 18.4. The average molecular weight is 711 g/mol. The highest BCUT2D eigenvalue weighted by Gasteiger charge is 2.21. The van der Waals surface area contributed by atoms with E-state index in [2.05, 4.69) is 63.1 Å².